The molecular weight excluding hydrogens is 210 g/mol. The largest absolute Gasteiger partial charge is 0.379 e. The smallest absolute Gasteiger partial charge is 0.0594 e. The van der Waals surface area contributed by atoms with Crippen molar-refractivity contribution in [1.82, 2.24) is 4.90 Å². The highest BCUT2D eigenvalue weighted by atomic mass is 16.5. The Bertz CT molecular complexity index is 367. The Morgan fingerprint density at radius 2 is 1.94 bits per heavy atom. The van der Waals surface area contributed by atoms with Crippen molar-refractivity contribution in [2.45, 2.75) is 33.2 Å². The molecule has 0 N–H and O–H groups in total. The number of ether oxygens (including phenoxy) is 1. The highest BCUT2D eigenvalue weighted by molar-refractivity contribution is 5.32. The van der Waals surface area contributed by atoms with E-state index in [-0.39, 0.29) is 0 Å². The summed E-state index contributed by atoms with van der Waals surface area (Å²) in [6.45, 7) is 11.7. The molecule has 94 valence electrons. The third-order valence-electron chi connectivity index (χ3n) is 3.53. The number of benzene rings is 1. The normalized spacial score (nSPS) is 17.6. The molecule has 2 heteroatoms. The molecule has 0 aromatic heterocycles. The fourth-order valence-electron chi connectivity index (χ4n) is 2.26. The lowest BCUT2D eigenvalue weighted by Gasteiger charge is -2.27. The second-order valence-corrected chi connectivity index (χ2v) is 5.23. The van der Waals surface area contributed by atoms with Crippen molar-refractivity contribution in [2.24, 2.45) is 0 Å². The zero-order valence-corrected chi connectivity index (χ0v) is 11.2. The van der Waals surface area contributed by atoms with Gasteiger partial charge in [0.25, 0.3) is 0 Å². The van der Waals surface area contributed by atoms with Gasteiger partial charge in [-0.25, -0.2) is 0 Å². The number of aryl methyl sites for hydroxylation is 1. The molecule has 1 saturated heterocycles. The van der Waals surface area contributed by atoms with E-state index >= 15 is 0 Å². The van der Waals surface area contributed by atoms with E-state index < -0.39 is 0 Å². The molecule has 0 radical (unpaired) electrons. The number of hydrogen-bond donors (Lipinski definition) is 0. The highest BCUT2D eigenvalue weighted by Gasteiger charge is 2.12. The monoisotopic (exact) mass is 233 g/mol. The maximum absolute atomic E-state index is 5.38. The zero-order valence-electron chi connectivity index (χ0n) is 11.2. The fourth-order valence-corrected chi connectivity index (χ4v) is 2.26. The van der Waals surface area contributed by atoms with Crippen LogP contribution in [0.1, 0.15) is 36.5 Å². The van der Waals surface area contributed by atoms with Crippen LogP contribution in [0.25, 0.3) is 0 Å². The van der Waals surface area contributed by atoms with Crippen LogP contribution < -0.4 is 0 Å². The predicted molar refractivity (Wildman–Crippen MR) is 71.4 cm³/mol. The van der Waals surface area contributed by atoms with E-state index in [9.17, 15) is 0 Å². The molecule has 1 aliphatic rings. The zero-order chi connectivity index (χ0) is 12.3. The average molecular weight is 233 g/mol. The quantitative estimate of drug-likeness (QED) is 0.796. The molecule has 1 aliphatic heterocycles. The average Bonchev–Trinajstić information content (AvgIpc) is 2.33. The van der Waals surface area contributed by atoms with E-state index in [1.807, 2.05) is 0 Å². The molecule has 2 nitrogen and oxygen atoms in total. The Kier molecular flexibility index (Phi) is 4.19. The van der Waals surface area contributed by atoms with Gasteiger partial charge >= 0.3 is 0 Å². The molecule has 1 aromatic rings. The molecule has 2 rings (SSSR count). The van der Waals surface area contributed by atoms with Crippen LogP contribution in [-0.2, 0) is 11.3 Å². The Morgan fingerprint density at radius 1 is 1.24 bits per heavy atom. The Balaban J connectivity index is 2.05. The third-order valence-corrected chi connectivity index (χ3v) is 3.53. The Labute approximate surface area is 105 Å². The van der Waals surface area contributed by atoms with Crippen molar-refractivity contribution in [2.75, 3.05) is 26.3 Å². The third kappa shape index (κ3) is 3.30. The van der Waals surface area contributed by atoms with Crippen LogP contribution in [0.2, 0.25) is 0 Å². The molecule has 0 amide bonds. The van der Waals surface area contributed by atoms with Crippen LogP contribution >= 0.6 is 0 Å². The number of hydrogen-bond acceptors (Lipinski definition) is 2. The van der Waals surface area contributed by atoms with Crippen LogP contribution in [0.3, 0.4) is 0 Å². The summed E-state index contributed by atoms with van der Waals surface area (Å²) >= 11 is 0. The standard InChI is InChI=1S/C15H23NO/c1-12(2)14-4-5-15(13(3)10-14)11-16-6-8-17-9-7-16/h4-5,10,12H,6-9,11H2,1-3H3. The van der Waals surface area contributed by atoms with Gasteiger partial charge in [0.15, 0.2) is 0 Å². The minimum atomic E-state index is 0.617. The van der Waals surface area contributed by atoms with E-state index in [0.29, 0.717) is 5.92 Å². The SMILES string of the molecule is Cc1cc(C(C)C)ccc1CN1CCOCC1. The minimum absolute atomic E-state index is 0.617. The number of rotatable bonds is 3. The summed E-state index contributed by atoms with van der Waals surface area (Å²) in [5.41, 5.74) is 4.31. The van der Waals surface area contributed by atoms with Crippen LogP contribution in [0.15, 0.2) is 18.2 Å². The summed E-state index contributed by atoms with van der Waals surface area (Å²) in [5, 5.41) is 0. The van der Waals surface area contributed by atoms with Gasteiger partial charge in [0.2, 0.25) is 0 Å². The van der Waals surface area contributed by atoms with Crippen molar-refractivity contribution in [1.29, 1.82) is 0 Å². The van der Waals surface area contributed by atoms with Crippen molar-refractivity contribution >= 4 is 0 Å². The van der Waals surface area contributed by atoms with Crippen molar-refractivity contribution in [3.8, 4) is 0 Å². The van der Waals surface area contributed by atoms with E-state index in [0.717, 1.165) is 32.8 Å². The van der Waals surface area contributed by atoms with Gasteiger partial charge in [-0.3, -0.25) is 4.90 Å². The van der Waals surface area contributed by atoms with E-state index in [1.54, 1.807) is 0 Å². The van der Waals surface area contributed by atoms with Gasteiger partial charge in [-0.1, -0.05) is 32.0 Å². The topological polar surface area (TPSA) is 12.5 Å². The molecule has 0 aliphatic carbocycles. The minimum Gasteiger partial charge on any atom is -0.379 e. The summed E-state index contributed by atoms with van der Waals surface area (Å²) in [6, 6.07) is 6.90. The van der Waals surface area contributed by atoms with Crippen molar-refractivity contribution in [3.63, 3.8) is 0 Å². The first-order chi connectivity index (χ1) is 8.16. The van der Waals surface area contributed by atoms with E-state index in [1.165, 1.54) is 16.7 Å². The lowest BCUT2D eigenvalue weighted by atomic mass is 9.98. The van der Waals surface area contributed by atoms with Crippen LogP contribution in [-0.4, -0.2) is 31.2 Å². The van der Waals surface area contributed by atoms with Gasteiger partial charge in [0, 0.05) is 19.6 Å². The van der Waals surface area contributed by atoms with Gasteiger partial charge in [0.05, 0.1) is 13.2 Å². The predicted octanol–water partition coefficient (Wildman–Crippen LogP) is 2.95. The van der Waals surface area contributed by atoms with Crippen LogP contribution in [0.5, 0.6) is 0 Å². The molecule has 0 spiro atoms. The van der Waals surface area contributed by atoms with E-state index in [4.69, 9.17) is 4.74 Å². The molecule has 17 heavy (non-hydrogen) atoms. The van der Waals surface area contributed by atoms with Gasteiger partial charge in [-0.05, 0) is 29.5 Å². The van der Waals surface area contributed by atoms with Crippen LogP contribution in [0, 0.1) is 6.92 Å². The van der Waals surface area contributed by atoms with Gasteiger partial charge < -0.3 is 4.74 Å². The lowest BCUT2D eigenvalue weighted by Crippen LogP contribution is -2.35. The summed E-state index contributed by atoms with van der Waals surface area (Å²) in [7, 11) is 0. The van der Waals surface area contributed by atoms with Gasteiger partial charge in [0.1, 0.15) is 0 Å². The molecule has 0 atom stereocenters. The first-order valence-electron chi connectivity index (χ1n) is 6.56. The highest BCUT2D eigenvalue weighted by Crippen LogP contribution is 2.19. The molecule has 1 aromatic carbocycles. The molecule has 0 bridgehead atoms. The van der Waals surface area contributed by atoms with E-state index in [2.05, 4.69) is 43.9 Å². The van der Waals surface area contributed by atoms with Crippen molar-refractivity contribution in [3.05, 3.63) is 34.9 Å². The maximum atomic E-state index is 5.38. The number of nitrogens with zero attached hydrogens (tertiary/aromatic N) is 1. The lowest BCUT2D eigenvalue weighted by molar-refractivity contribution is 0.0341. The molecule has 1 fully saturated rings. The van der Waals surface area contributed by atoms with Crippen LogP contribution in [0.4, 0.5) is 0 Å². The first-order valence-corrected chi connectivity index (χ1v) is 6.56. The Hall–Kier alpha value is -0.860. The second kappa shape index (κ2) is 5.65. The second-order valence-electron chi connectivity index (χ2n) is 5.23. The summed E-state index contributed by atoms with van der Waals surface area (Å²) in [5.74, 6) is 0.617. The number of morpholine rings is 1. The molecular formula is C15H23NO. The van der Waals surface area contributed by atoms with Crippen molar-refractivity contribution < 1.29 is 4.74 Å². The van der Waals surface area contributed by atoms with Gasteiger partial charge in [-0.15, -0.1) is 0 Å². The summed E-state index contributed by atoms with van der Waals surface area (Å²) in [4.78, 5) is 2.47. The first kappa shape index (κ1) is 12.6. The Morgan fingerprint density at radius 3 is 2.53 bits per heavy atom. The molecule has 0 saturated carbocycles. The molecule has 0 unspecified atom stereocenters. The molecule has 1 heterocycles. The summed E-state index contributed by atoms with van der Waals surface area (Å²) in [6.07, 6.45) is 0. The maximum Gasteiger partial charge on any atom is 0.0594 e. The fraction of sp³-hybridized carbons (Fsp3) is 0.600. The summed E-state index contributed by atoms with van der Waals surface area (Å²) < 4.78 is 5.38. The van der Waals surface area contributed by atoms with Gasteiger partial charge in [-0.2, -0.15) is 0 Å².